The molecule has 3 rings (SSSR count). The minimum Gasteiger partial charge on any atom is -0.497 e. The van der Waals surface area contributed by atoms with Crippen molar-refractivity contribution in [2.75, 3.05) is 13.7 Å². The largest absolute Gasteiger partial charge is 0.497 e. The molecule has 0 spiro atoms. The molecule has 0 heterocycles. The fourth-order valence-electron chi connectivity index (χ4n) is 3.20. The zero-order valence-corrected chi connectivity index (χ0v) is 20.5. The van der Waals surface area contributed by atoms with Crippen molar-refractivity contribution >= 4 is 39.1 Å². The fourth-order valence-corrected chi connectivity index (χ4v) is 4.83. The van der Waals surface area contributed by atoms with E-state index in [1.165, 1.54) is 24.3 Å². The van der Waals surface area contributed by atoms with Crippen molar-refractivity contribution in [1.82, 2.24) is 9.62 Å². The Kier molecular flexibility index (Phi) is 8.37. The lowest BCUT2D eigenvalue weighted by atomic mass is 10.1. The van der Waals surface area contributed by atoms with E-state index >= 15 is 0 Å². The summed E-state index contributed by atoms with van der Waals surface area (Å²) in [5.41, 5.74) is 1.57. The Morgan fingerprint density at radius 1 is 0.939 bits per heavy atom. The predicted octanol–water partition coefficient (Wildman–Crippen LogP) is 5.07. The molecular weight excluding hydrogens is 483 g/mol. The van der Waals surface area contributed by atoms with Crippen LogP contribution in [-0.4, -0.2) is 32.3 Å². The average molecular weight is 507 g/mol. The van der Waals surface area contributed by atoms with Gasteiger partial charge in [0.1, 0.15) is 5.75 Å². The molecule has 6 nitrogen and oxygen atoms in total. The number of carbonyl (C=O) groups excluding carboxylic acids is 1. The van der Waals surface area contributed by atoms with Crippen LogP contribution in [0.1, 0.15) is 24.1 Å². The molecular formula is C24H24Cl2N2O4S. The zero-order chi connectivity index (χ0) is 24.0. The smallest absolute Gasteiger partial charge is 0.243 e. The Hall–Kier alpha value is -2.58. The van der Waals surface area contributed by atoms with Crippen LogP contribution in [0.25, 0.3) is 0 Å². The number of nitrogens with one attached hydrogen (secondary N) is 1. The molecule has 1 amide bonds. The maximum atomic E-state index is 13.3. The summed E-state index contributed by atoms with van der Waals surface area (Å²) in [5.74, 6) is 0.283. The van der Waals surface area contributed by atoms with Crippen LogP contribution in [0.2, 0.25) is 10.0 Å². The highest BCUT2D eigenvalue weighted by molar-refractivity contribution is 7.89. The van der Waals surface area contributed by atoms with Crippen molar-refractivity contribution in [2.45, 2.75) is 24.4 Å². The van der Waals surface area contributed by atoms with Gasteiger partial charge in [-0.1, -0.05) is 47.5 Å². The molecule has 0 aromatic heterocycles. The zero-order valence-electron chi connectivity index (χ0n) is 18.2. The molecule has 0 aliphatic carbocycles. The van der Waals surface area contributed by atoms with Gasteiger partial charge < -0.3 is 10.1 Å². The highest BCUT2D eigenvalue weighted by atomic mass is 35.5. The van der Waals surface area contributed by atoms with Gasteiger partial charge in [-0.2, -0.15) is 4.31 Å². The standard InChI is InChI=1S/C24H24Cl2N2O4S/c1-17(19-5-11-22(32-2)12-6-19)27-24(29)16-28(15-18-3-7-20(25)8-4-18)33(30,31)23-13-9-21(26)10-14-23/h3-14,17H,15-16H2,1-2H3,(H,27,29). The molecule has 0 bridgehead atoms. The highest BCUT2D eigenvalue weighted by Gasteiger charge is 2.27. The van der Waals surface area contributed by atoms with Crippen molar-refractivity contribution in [3.8, 4) is 5.75 Å². The van der Waals surface area contributed by atoms with Crippen molar-refractivity contribution < 1.29 is 17.9 Å². The van der Waals surface area contributed by atoms with Crippen LogP contribution in [0.4, 0.5) is 0 Å². The van der Waals surface area contributed by atoms with E-state index in [-0.39, 0.29) is 24.0 Å². The molecule has 0 saturated carbocycles. The Bertz CT molecular complexity index is 1180. The number of hydrogen-bond donors (Lipinski definition) is 1. The Morgan fingerprint density at radius 2 is 1.48 bits per heavy atom. The second-order valence-corrected chi connectivity index (χ2v) is 10.2. The number of benzene rings is 3. The first-order valence-electron chi connectivity index (χ1n) is 10.1. The van der Waals surface area contributed by atoms with E-state index in [1.807, 2.05) is 19.1 Å². The molecule has 1 N–H and O–H groups in total. The van der Waals surface area contributed by atoms with Crippen LogP contribution < -0.4 is 10.1 Å². The molecule has 0 fully saturated rings. The van der Waals surface area contributed by atoms with Gasteiger partial charge in [0, 0.05) is 16.6 Å². The summed E-state index contributed by atoms with van der Waals surface area (Å²) in [6, 6.07) is 19.6. The van der Waals surface area contributed by atoms with Crippen LogP contribution in [0.3, 0.4) is 0 Å². The third kappa shape index (κ3) is 6.71. The van der Waals surface area contributed by atoms with Gasteiger partial charge in [0.25, 0.3) is 0 Å². The van der Waals surface area contributed by atoms with Crippen molar-refractivity contribution in [3.63, 3.8) is 0 Å². The molecule has 1 atom stereocenters. The monoisotopic (exact) mass is 506 g/mol. The van der Waals surface area contributed by atoms with Crippen molar-refractivity contribution in [2.24, 2.45) is 0 Å². The summed E-state index contributed by atoms with van der Waals surface area (Å²) in [4.78, 5) is 12.9. The number of carbonyl (C=O) groups is 1. The lowest BCUT2D eigenvalue weighted by molar-refractivity contribution is -0.122. The molecule has 9 heteroatoms. The first-order valence-corrected chi connectivity index (χ1v) is 12.3. The number of rotatable bonds is 9. The van der Waals surface area contributed by atoms with E-state index < -0.39 is 15.9 Å². The van der Waals surface area contributed by atoms with Gasteiger partial charge in [-0.15, -0.1) is 0 Å². The number of ether oxygens (including phenoxy) is 1. The molecule has 0 saturated heterocycles. The topological polar surface area (TPSA) is 75.7 Å². The fraction of sp³-hybridized carbons (Fsp3) is 0.208. The van der Waals surface area contributed by atoms with Gasteiger partial charge in [-0.05, 0) is 66.6 Å². The first kappa shape index (κ1) is 25.1. The minimum absolute atomic E-state index is 0.00641. The van der Waals surface area contributed by atoms with Gasteiger partial charge >= 0.3 is 0 Å². The van der Waals surface area contributed by atoms with Crippen molar-refractivity contribution in [1.29, 1.82) is 0 Å². The third-order valence-corrected chi connectivity index (χ3v) is 7.35. The Morgan fingerprint density at radius 3 is 2.03 bits per heavy atom. The molecule has 0 aliphatic rings. The molecule has 174 valence electrons. The SMILES string of the molecule is COc1ccc(C(C)NC(=O)CN(Cc2ccc(Cl)cc2)S(=O)(=O)c2ccc(Cl)cc2)cc1. The van der Waals surface area contributed by atoms with E-state index in [0.29, 0.717) is 21.4 Å². The van der Waals surface area contributed by atoms with Crippen molar-refractivity contribution in [3.05, 3.63) is 94.0 Å². The lowest BCUT2D eigenvalue weighted by Crippen LogP contribution is -2.41. The summed E-state index contributed by atoms with van der Waals surface area (Å²) in [6.07, 6.45) is 0. The number of nitrogens with zero attached hydrogens (tertiary/aromatic N) is 1. The molecule has 3 aromatic carbocycles. The number of methoxy groups -OCH3 is 1. The summed E-state index contributed by atoms with van der Waals surface area (Å²) in [6.45, 7) is 1.48. The molecule has 3 aromatic rings. The number of halogens is 2. The maximum absolute atomic E-state index is 13.3. The summed E-state index contributed by atoms with van der Waals surface area (Å²) in [5, 5.41) is 3.82. The number of hydrogen-bond acceptors (Lipinski definition) is 4. The molecule has 33 heavy (non-hydrogen) atoms. The van der Waals surface area contributed by atoms with Crippen LogP contribution in [0.15, 0.2) is 77.7 Å². The quantitative estimate of drug-likeness (QED) is 0.439. The van der Waals surface area contributed by atoms with Gasteiger partial charge in [-0.3, -0.25) is 4.79 Å². The minimum atomic E-state index is -3.97. The van der Waals surface area contributed by atoms with E-state index in [4.69, 9.17) is 27.9 Å². The second kappa shape index (κ2) is 11.0. The van der Waals surface area contributed by atoms with Gasteiger partial charge in [0.05, 0.1) is 24.6 Å². The van der Waals surface area contributed by atoms with Gasteiger partial charge in [0.2, 0.25) is 15.9 Å². The third-order valence-electron chi connectivity index (χ3n) is 5.04. The van der Waals surface area contributed by atoms with Crippen LogP contribution in [-0.2, 0) is 21.4 Å². The van der Waals surface area contributed by atoms with Gasteiger partial charge in [-0.25, -0.2) is 8.42 Å². The highest BCUT2D eigenvalue weighted by Crippen LogP contribution is 2.22. The van der Waals surface area contributed by atoms with E-state index in [2.05, 4.69) is 5.32 Å². The van der Waals surface area contributed by atoms with Crippen LogP contribution >= 0.6 is 23.2 Å². The normalized spacial score (nSPS) is 12.4. The lowest BCUT2D eigenvalue weighted by Gasteiger charge is -2.23. The maximum Gasteiger partial charge on any atom is 0.243 e. The number of sulfonamides is 1. The molecule has 0 radical (unpaired) electrons. The second-order valence-electron chi connectivity index (χ2n) is 7.42. The van der Waals surface area contributed by atoms with Gasteiger partial charge in [0.15, 0.2) is 0 Å². The Labute approximate surface area is 204 Å². The Balaban J connectivity index is 1.81. The summed E-state index contributed by atoms with van der Waals surface area (Å²) >= 11 is 11.9. The van der Waals surface area contributed by atoms with E-state index in [0.717, 1.165) is 9.87 Å². The summed E-state index contributed by atoms with van der Waals surface area (Å²) < 4.78 is 33.0. The number of amides is 1. The predicted molar refractivity (Wildman–Crippen MR) is 130 cm³/mol. The average Bonchev–Trinajstić information content (AvgIpc) is 2.80. The van der Waals surface area contributed by atoms with E-state index in [9.17, 15) is 13.2 Å². The van der Waals surface area contributed by atoms with Crippen LogP contribution in [0, 0.1) is 0 Å². The van der Waals surface area contributed by atoms with Crippen LogP contribution in [0.5, 0.6) is 5.75 Å². The first-order chi connectivity index (χ1) is 15.7. The molecule has 1 unspecified atom stereocenters. The molecule has 0 aliphatic heterocycles. The summed E-state index contributed by atoms with van der Waals surface area (Å²) in [7, 11) is -2.39. The van der Waals surface area contributed by atoms with E-state index in [1.54, 1.807) is 43.5 Å².